The molecule has 0 saturated heterocycles. The number of aromatic nitrogens is 3. The van der Waals surface area contributed by atoms with E-state index in [1.54, 1.807) is 24.3 Å². The molecule has 0 spiro atoms. The number of nitrogens with zero attached hydrogens (tertiary/aromatic N) is 3. The van der Waals surface area contributed by atoms with Crippen LogP contribution in [-0.2, 0) is 0 Å². The van der Waals surface area contributed by atoms with E-state index in [4.69, 9.17) is 5.73 Å². The fourth-order valence-corrected chi connectivity index (χ4v) is 2.37. The number of fused-ring (bicyclic) bond motifs is 1. The summed E-state index contributed by atoms with van der Waals surface area (Å²) in [6.07, 6.45) is -4.55. The van der Waals surface area contributed by atoms with E-state index in [1.165, 1.54) is 0 Å². The summed E-state index contributed by atoms with van der Waals surface area (Å²) in [4.78, 5) is 3.81. The Morgan fingerprint density at radius 3 is 2.60 bits per heavy atom. The summed E-state index contributed by atoms with van der Waals surface area (Å²) in [6, 6.07) is 6.74. The van der Waals surface area contributed by atoms with Crippen molar-refractivity contribution in [3.05, 3.63) is 35.9 Å². The molecule has 2 atom stereocenters. The van der Waals surface area contributed by atoms with Gasteiger partial charge in [-0.1, -0.05) is 30.3 Å². The summed E-state index contributed by atoms with van der Waals surface area (Å²) in [5.41, 5.74) is 6.17. The number of nitrogen functional groups attached to an aromatic ring is 1. The molecule has 0 radical (unpaired) electrons. The van der Waals surface area contributed by atoms with Gasteiger partial charge in [-0.15, -0.1) is 5.10 Å². The van der Waals surface area contributed by atoms with Crippen LogP contribution in [0.5, 0.6) is 0 Å². The monoisotopic (exact) mass is 283 g/mol. The van der Waals surface area contributed by atoms with Gasteiger partial charge in [-0.05, 0) is 5.56 Å². The average molecular weight is 283 g/mol. The van der Waals surface area contributed by atoms with Crippen molar-refractivity contribution in [1.29, 1.82) is 0 Å². The SMILES string of the molecule is Nc1nc2n(n1)C(C(F)(F)F)CC(c1ccccc1)N2. The lowest BCUT2D eigenvalue weighted by molar-refractivity contribution is -0.173. The van der Waals surface area contributed by atoms with Crippen LogP contribution in [0.2, 0.25) is 0 Å². The normalized spacial score (nSPS) is 22.1. The topological polar surface area (TPSA) is 68.8 Å². The Hall–Kier alpha value is -2.25. The summed E-state index contributed by atoms with van der Waals surface area (Å²) in [5.74, 6) is -0.125. The highest BCUT2D eigenvalue weighted by Crippen LogP contribution is 2.42. The first-order valence-electron chi connectivity index (χ1n) is 6.05. The molecule has 1 aliphatic rings. The molecule has 0 aliphatic carbocycles. The zero-order chi connectivity index (χ0) is 14.3. The molecule has 3 rings (SSSR count). The van der Waals surface area contributed by atoms with Gasteiger partial charge in [0, 0.05) is 6.42 Å². The minimum Gasteiger partial charge on any atom is -0.366 e. The first-order chi connectivity index (χ1) is 9.45. The van der Waals surface area contributed by atoms with E-state index in [2.05, 4.69) is 15.4 Å². The van der Waals surface area contributed by atoms with Gasteiger partial charge in [-0.25, -0.2) is 4.68 Å². The number of nitrogens with two attached hydrogens (primary N) is 1. The second-order valence-corrected chi connectivity index (χ2v) is 4.64. The molecule has 0 bridgehead atoms. The maximum Gasteiger partial charge on any atom is 0.411 e. The van der Waals surface area contributed by atoms with Crippen LogP contribution < -0.4 is 11.1 Å². The number of nitrogens with one attached hydrogen (secondary N) is 1. The molecule has 2 aromatic rings. The van der Waals surface area contributed by atoms with E-state index in [0.29, 0.717) is 0 Å². The largest absolute Gasteiger partial charge is 0.411 e. The van der Waals surface area contributed by atoms with Crippen LogP contribution >= 0.6 is 0 Å². The lowest BCUT2D eigenvalue weighted by Crippen LogP contribution is -2.35. The number of alkyl halides is 3. The standard InChI is InChI=1S/C12H12F3N5/c13-12(14,15)9-6-8(7-4-2-1-3-5-7)17-11-18-10(16)19-20(9)11/h1-5,8-9H,6H2,(H3,16,17,18,19). The van der Waals surface area contributed by atoms with Gasteiger partial charge in [0.15, 0.2) is 6.04 Å². The number of hydrogen-bond acceptors (Lipinski definition) is 4. The molecule has 1 aliphatic heterocycles. The van der Waals surface area contributed by atoms with Crippen LogP contribution in [0, 0.1) is 0 Å². The van der Waals surface area contributed by atoms with Gasteiger partial charge < -0.3 is 11.1 Å². The van der Waals surface area contributed by atoms with Gasteiger partial charge >= 0.3 is 6.18 Å². The molecule has 3 N–H and O–H groups in total. The van der Waals surface area contributed by atoms with Crippen molar-refractivity contribution in [2.45, 2.75) is 24.7 Å². The van der Waals surface area contributed by atoms with E-state index in [9.17, 15) is 13.2 Å². The van der Waals surface area contributed by atoms with Crippen molar-refractivity contribution in [3.63, 3.8) is 0 Å². The van der Waals surface area contributed by atoms with Crippen molar-refractivity contribution < 1.29 is 13.2 Å². The Morgan fingerprint density at radius 1 is 1.25 bits per heavy atom. The number of halogens is 3. The summed E-state index contributed by atoms with van der Waals surface area (Å²) < 4.78 is 40.3. The fraction of sp³-hybridized carbons (Fsp3) is 0.333. The Morgan fingerprint density at radius 2 is 1.95 bits per heavy atom. The summed E-state index contributed by atoms with van der Waals surface area (Å²) >= 11 is 0. The Labute approximate surface area is 112 Å². The average Bonchev–Trinajstić information content (AvgIpc) is 2.77. The van der Waals surface area contributed by atoms with Crippen LogP contribution in [0.1, 0.15) is 24.1 Å². The van der Waals surface area contributed by atoms with Crippen molar-refractivity contribution in [3.8, 4) is 0 Å². The summed E-state index contributed by atoms with van der Waals surface area (Å²) in [7, 11) is 0. The van der Waals surface area contributed by atoms with Crippen LogP contribution in [0.15, 0.2) is 30.3 Å². The molecule has 1 aromatic carbocycles. The van der Waals surface area contributed by atoms with Gasteiger partial charge in [0.05, 0.1) is 6.04 Å². The highest BCUT2D eigenvalue weighted by Gasteiger charge is 2.47. The molecule has 5 nitrogen and oxygen atoms in total. The Balaban J connectivity index is 2.00. The zero-order valence-corrected chi connectivity index (χ0v) is 10.3. The number of rotatable bonds is 1. The molecule has 1 aromatic heterocycles. The predicted molar refractivity (Wildman–Crippen MR) is 66.9 cm³/mol. The van der Waals surface area contributed by atoms with E-state index in [-0.39, 0.29) is 18.3 Å². The predicted octanol–water partition coefficient (Wildman–Crippen LogP) is 2.52. The molecule has 2 unspecified atom stereocenters. The van der Waals surface area contributed by atoms with Gasteiger partial charge in [0.2, 0.25) is 11.9 Å². The lowest BCUT2D eigenvalue weighted by Gasteiger charge is -2.32. The second-order valence-electron chi connectivity index (χ2n) is 4.64. The lowest BCUT2D eigenvalue weighted by atomic mass is 9.97. The third-order valence-corrected chi connectivity index (χ3v) is 3.28. The molecule has 8 heteroatoms. The quantitative estimate of drug-likeness (QED) is 0.843. The minimum atomic E-state index is -4.40. The van der Waals surface area contributed by atoms with E-state index >= 15 is 0 Å². The smallest absolute Gasteiger partial charge is 0.366 e. The highest BCUT2D eigenvalue weighted by atomic mass is 19.4. The van der Waals surface area contributed by atoms with Gasteiger partial charge in [-0.2, -0.15) is 18.2 Å². The molecule has 20 heavy (non-hydrogen) atoms. The maximum atomic E-state index is 13.2. The van der Waals surface area contributed by atoms with Crippen LogP contribution in [0.4, 0.5) is 25.1 Å². The third-order valence-electron chi connectivity index (χ3n) is 3.28. The molecule has 0 saturated carbocycles. The van der Waals surface area contributed by atoms with E-state index in [1.807, 2.05) is 6.07 Å². The van der Waals surface area contributed by atoms with Crippen LogP contribution in [0.25, 0.3) is 0 Å². The molecule has 2 heterocycles. The Kier molecular flexibility index (Phi) is 2.81. The van der Waals surface area contributed by atoms with Crippen molar-refractivity contribution in [1.82, 2.24) is 14.8 Å². The summed E-state index contributed by atoms with van der Waals surface area (Å²) in [5, 5.41) is 6.57. The maximum absolute atomic E-state index is 13.2. The minimum absolute atomic E-state index is 0.0462. The van der Waals surface area contributed by atoms with E-state index in [0.717, 1.165) is 10.2 Å². The first kappa shape index (κ1) is 12.8. The second kappa shape index (κ2) is 4.39. The van der Waals surface area contributed by atoms with Gasteiger partial charge in [0.1, 0.15) is 0 Å². The number of hydrogen-bond donors (Lipinski definition) is 2. The van der Waals surface area contributed by atoms with Crippen molar-refractivity contribution in [2.75, 3.05) is 11.1 Å². The number of benzene rings is 1. The molecular weight excluding hydrogens is 271 g/mol. The molecule has 106 valence electrons. The molecule has 0 amide bonds. The highest BCUT2D eigenvalue weighted by molar-refractivity contribution is 5.39. The Bertz CT molecular complexity index is 607. The summed E-state index contributed by atoms with van der Waals surface area (Å²) in [6.45, 7) is 0. The molecule has 0 fully saturated rings. The zero-order valence-electron chi connectivity index (χ0n) is 10.3. The van der Waals surface area contributed by atoms with Crippen molar-refractivity contribution in [2.24, 2.45) is 0 Å². The third kappa shape index (κ3) is 2.17. The van der Waals surface area contributed by atoms with Crippen LogP contribution in [0.3, 0.4) is 0 Å². The molecular formula is C12H12F3N5. The fourth-order valence-electron chi connectivity index (χ4n) is 2.37. The number of anilines is 2. The van der Waals surface area contributed by atoms with Crippen molar-refractivity contribution >= 4 is 11.9 Å². The van der Waals surface area contributed by atoms with E-state index < -0.39 is 18.3 Å². The first-order valence-corrected chi connectivity index (χ1v) is 6.05. The van der Waals surface area contributed by atoms with Gasteiger partial charge in [0.25, 0.3) is 0 Å². The van der Waals surface area contributed by atoms with Gasteiger partial charge in [-0.3, -0.25) is 0 Å². The van der Waals surface area contributed by atoms with Crippen LogP contribution in [-0.4, -0.2) is 20.9 Å².